The van der Waals surface area contributed by atoms with Gasteiger partial charge in [0.05, 0.1) is 23.6 Å². The SMILES string of the molecule is C=CC(=O)Nc1ccc2c(c1)c(C)cn2-c1nc(Nc2ccc3ncnn3c2)ncc1Cl. The Bertz CT molecular complexity index is 1500. The monoisotopic (exact) mass is 444 g/mol. The summed E-state index contributed by atoms with van der Waals surface area (Å²) < 4.78 is 3.56. The molecular formula is C22H17ClN8O. The number of aromatic nitrogens is 6. The molecule has 0 spiro atoms. The summed E-state index contributed by atoms with van der Waals surface area (Å²) in [6.45, 7) is 5.47. The van der Waals surface area contributed by atoms with E-state index >= 15 is 0 Å². The van der Waals surface area contributed by atoms with Crippen molar-refractivity contribution < 1.29 is 4.79 Å². The Hall–Kier alpha value is -4.24. The Kier molecular flexibility index (Phi) is 4.79. The maximum absolute atomic E-state index is 11.6. The van der Waals surface area contributed by atoms with E-state index < -0.39 is 0 Å². The first-order valence-corrected chi connectivity index (χ1v) is 10.0. The molecule has 4 aromatic heterocycles. The standard InChI is InChI=1S/C22H17ClN8O/c1-3-20(32)27-14-4-6-18-16(8-14)13(2)10-30(18)21-17(23)9-24-22(29-21)28-15-5-7-19-25-12-26-31(19)11-15/h3-12H,1H2,2H3,(H,27,32)(H,24,28,29). The number of pyridine rings is 1. The van der Waals surface area contributed by atoms with Gasteiger partial charge >= 0.3 is 0 Å². The number of fused-ring (bicyclic) bond motifs is 2. The minimum atomic E-state index is -0.264. The number of halogens is 1. The van der Waals surface area contributed by atoms with Gasteiger partial charge in [0.1, 0.15) is 11.3 Å². The van der Waals surface area contributed by atoms with Gasteiger partial charge in [0.2, 0.25) is 11.9 Å². The predicted octanol–water partition coefficient (Wildman–Crippen LogP) is 4.29. The summed E-state index contributed by atoms with van der Waals surface area (Å²) in [7, 11) is 0. The molecule has 0 aliphatic heterocycles. The van der Waals surface area contributed by atoms with Gasteiger partial charge in [-0.3, -0.25) is 9.36 Å². The summed E-state index contributed by atoms with van der Waals surface area (Å²) in [6.07, 6.45) is 8.03. The number of amides is 1. The fourth-order valence-electron chi connectivity index (χ4n) is 3.45. The molecule has 0 atom stereocenters. The molecule has 0 radical (unpaired) electrons. The van der Waals surface area contributed by atoms with E-state index in [1.54, 1.807) is 16.9 Å². The average Bonchev–Trinajstić information content (AvgIpc) is 3.39. The van der Waals surface area contributed by atoms with E-state index in [1.165, 1.54) is 12.4 Å². The van der Waals surface area contributed by atoms with Gasteiger partial charge < -0.3 is 10.6 Å². The van der Waals surface area contributed by atoms with Crippen LogP contribution in [0.5, 0.6) is 0 Å². The van der Waals surface area contributed by atoms with Gasteiger partial charge in [-0.1, -0.05) is 18.2 Å². The molecule has 1 aromatic carbocycles. The van der Waals surface area contributed by atoms with Gasteiger partial charge in [-0.15, -0.1) is 0 Å². The lowest BCUT2D eigenvalue weighted by molar-refractivity contribution is -0.111. The molecule has 0 aliphatic carbocycles. The first kappa shape index (κ1) is 19.7. The molecule has 158 valence electrons. The number of nitrogens with zero attached hydrogens (tertiary/aromatic N) is 6. The molecule has 9 nitrogen and oxygen atoms in total. The highest BCUT2D eigenvalue weighted by Gasteiger charge is 2.14. The third kappa shape index (κ3) is 3.54. The number of carbonyl (C=O) groups excluding carboxylic acids is 1. The number of carbonyl (C=O) groups is 1. The van der Waals surface area contributed by atoms with Crippen LogP contribution in [0.3, 0.4) is 0 Å². The van der Waals surface area contributed by atoms with E-state index in [0.29, 0.717) is 22.5 Å². The van der Waals surface area contributed by atoms with Gasteiger partial charge in [-0.05, 0) is 48.9 Å². The van der Waals surface area contributed by atoms with Crippen molar-refractivity contribution in [1.82, 2.24) is 29.1 Å². The molecule has 1 amide bonds. The van der Waals surface area contributed by atoms with E-state index in [0.717, 1.165) is 27.8 Å². The fraction of sp³-hybridized carbons (Fsp3) is 0.0455. The zero-order valence-electron chi connectivity index (χ0n) is 17.0. The minimum absolute atomic E-state index is 0.264. The minimum Gasteiger partial charge on any atom is -0.323 e. The second kappa shape index (κ2) is 7.78. The van der Waals surface area contributed by atoms with Gasteiger partial charge in [-0.2, -0.15) is 10.1 Å². The van der Waals surface area contributed by atoms with Crippen LogP contribution in [-0.2, 0) is 4.79 Å². The van der Waals surface area contributed by atoms with Gasteiger partial charge in [-0.25, -0.2) is 14.5 Å². The molecule has 32 heavy (non-hydrogen) atoms. The molecular weight excluding hydrogens is 428 g/mol. The quantitative estimate of drug-likeness (QED) is 0.392. The van der Waals surface area contributed by atoms with Crippen molar-refractivity contribution in [3.8, 4) is 5.82 Å². The summed E-state index contributed by atoms with van der Waals surface area (Å²) in [6, 6.07) is 9.35. The number of benzene rings is 1. The fourth-order valence-corrected chi connectivity index (χ4v) is 3.63. The number of rotatable bonds is 5. The zero-order valence-corrected chi connectivity index (χ0v) is 17.7. The lowest BCUT2D eigenvalue weighted by atomic mass is 10.2. The Morgan fingerprint density at radius 2 is 2.00 bits per heavy atom. The lowest BCUT2D eigenvalue weighted by Crippen LogP contribution is -2.07. The molecule has 2 N–H and O–H groups in total. The largest absolute Gasteiger partial charge is 0.323 e. The van der Waals surface area contributed by atoms with Crippen LogP contribution >= 0.6 is 11.6 Å². The second-order valence-electron chi connectivity index (χ2n) is 7.08. The normalized spacial score (nSPS) is 11.1. The van der Waals surface area contributed by atoms with Crippen molar-refractivity contribution in [3.63, 3.8) is 0 Å². The van der Waals surface area contributed by atoms with Gasteiger partial charge in [0.25, 0.3) is 0 Å². The van der Waals surface area contributed by atoms with Crippen molar-refractivity contribution in [3.05, 3.63) is 78.5 Å². The number of hydrogen-bond acceptors (Lipinski definition) is 6. The smallest absolute Gasteiger partial charge is 0.247 e. The molecule has 0 saturated carbocycles. The molecule has 0 bridgehead atoms. The highest BCUT2D eigenvalue weighted by Crippen LogP contribution is 2.30. The highest BCUT2D eigenvalue weighted by atomic mass is 35.5. The number of aryl methyl sites for hydroxylation is 1. The Morgan fingerprint density at radius 1 is 1.16 bits per heavy atom. The molecule has 0 unspecified atom stereocenters. The van der Waals surface area contributed by atoms with E-state index in [1.807, 2.05) is 48.0 Å². The third-order valence-corrected chi connectivity index (χ3v) is 5.21. The van der Waals surface area contributed by atoms with E-state index in [-0.39, 0.29) is 5.91 Å². The van der Waals surface area contributed by atoms with Crippen LogP contribution in [0.4, 0.5) is 17.3 Å². The van der Waals surface area contributed by atoms with Crippen LogP contribution in [0.15, 0.2) is 67.9 Å². The molecule has 4 heterocycles. The van der Waals surface area contributed by atoms with Crippen LogP contribution in [-0.4, -0.2) is 35.0 Å². The first-order valence-electron chi connectivity index (χ1n) is 9.66. The second-order valence-corrected chi connectivity index (χ2v) is 7.49. The molecule has 0 aliphatic rings. The Labute approximate surface area is 187 Å². The molecule has 0 fully saturated rings. The van der Waals surface area contributed by atoms with Crippen LogP contribution in [0.2, 0.25) is 5.02 Å². The topological polar surface area (TPSA) is 102 Å². The summed E-state index contributed by atoms with van der Waals surface area (Å²) >= 11 is 6.46. The van der Waals surface area contributed by atoms with E-state index in [2.05, 4.69) is 37.3 Å². The summed E-state index contributed by atoms with van der Waals surface area (Å²) in [5.74, 6) is 0.658. The average molecular weight is 445 g/mol. The van der Waals surface area contributed by atoms with Crippen molar-refractivity contribution >= 4 is 51.4 Å². The molecule has 5 aromatic rings. The number of nitrogens with one attached hydrogen (secondary N) is 2. The van der Waals surface area contributed by atoms with Crippen molar-refractivity contribution in [2.75, 3.05) is 10.6 Å². The lowest BCUT2D eigenvalue weighted by Gasteiger charge is -2.10. The molecule has 5 rings (SSSR count). The Balaban J connectivity index is 1.52. The maximum atomic E-state index is 11.6. The Morgan fingerprint density at radius 3 is 2.84 bits per heavy atom. The molecule has 10 heteroatoms. The summed E-state index contributed by atoms with van der Waals surface area (Å²) in [4.78, 5) is 24.7. The number of hydrogen-bond donors (Lipinski definition) is 2. The van der Waals surface area contributed by atoms with Crippen molar-refractivity contribution in [1.29, 1.82) is 0 Å². The van der Waals surface area contributed by atoms with Crippen molar-refractivity contribution in [2.24, 2.45) is 0 Å². The van der Waals surface area contributed by atoms with E-state index in [4.69, 9.17) is 11.6 Å². The third-order valence-electron chi connectivity index (χ3n) is 4.94. The van der Waals surface area contributed by atoms with Crippen LogP contribution in [0.25, 0.3) is 22.4 Å². The van der Waals surface area contributed by atoms with E-state index in [9.17, 15) is 4.79 Å². The first-order chi connectivity index (χ1) is 15.5. The van der Waals surface area contributed by atoms with Crippen LogP contribution in [0, 0.1) is 6.92 Å². The summed E-state index contributed by atoms with van der Waals surface area (Å²) in [5.41, 5.74) is 4.09. The van der Waals surface area contributed by atoms with Gasteiger partial charge in [0.15, 0.2) is 11.5 Å². The highest BCUT2D eigenvalue weighted by molar-refractivity contribution is 6.32. The maximum Gasteiger partial charge on any atom is 0.247 e. The molecule has 0 saturated heterocycles. The van der Waals surface area contributed by atoms with Gasteiger partial charge in [0, 0.05) is 17.3 Å². The van der Waals surface area contributed by atoms with Crippen LogP contribution in [0.1, 0.15) is 5.56 Å². The summed E-state index contributed by atoms with van der Waals surface area (Å²) in [5, 5.41) is 11.5. The number of anilines is 3. The van der Waals surface area contributed by atoms with Crippen molar-refractivity contribution in [2.45, 2.75) is 6.92 Å². The zero-order chi connectivity index (χ0) is 22.2. The van der Waals surface area contributed by atoms with Crippen LogP contribution < -0.4 is 10.6 Å². The predicted molar refractivity (Wildman–Crippen MR) is 124 cm³/mol.